The van der Waals surface area contributed by atoms with E-state index in [4.69, 9.17) is 4.74 Å². The van der Waals surface area contributed by atoms with Gasteiger partial charge in [0.15, 0.2) is 6.61 Å². The van der Waals surface area contributed by atoms with E-state index in [1.54, 1.807) is 7.11 Å². The molecule has 1 aliphatic rings. The number of piperidine rings is 1. The predicted molar refractivity (Wildman–Crippen MR) is 87.4 cm³/mol. The van der Waals surface area contributed by atoms with Crippen molar-refractivity contribution in [3.05, 3.63) is 18.3 Å². The molecule has 11 heteroatoms. The van der Waals surface area contributed by atoms with Gasteiger partial charge in [-0.15, -0.1) is 0 Å². The summed E-state index contributed by atoms with van der Waals surface area (Å²) >= 11 is 0. The number of sulfonamides is 1. The van der Waals surface area contributed by atoms with Crippen LogP contribution in [0.4, 0.5) is 13.2 Å². The molecule has 148 valence electrons. The van der Waals surface area contributed by atoms with Crippen LogP contribution in [0.3, 0.4) is 0 Å². The van der Waals surface area contributed by atoms with Crippen molar-refractivity contribution in [2.45, 2.75) is 23.9 Å². The zero-order valence-electron chi connectivity index (χ0n) is 14.3. The van der Waals surface area contributed by atoms with Crippen LogP contribution in [0.25, 0.3) is 0 Å². The molecule has 1 saturated heterocycles. The maximum Gasteiger partial charge on any atom is 0.422 e. The smallest absolute Gasteiger partial charge is 0.422 e. The number of hydrogen-bond acceptors (Lipinski definition) is 6. The molecule has 0 atom stereocenters. The summed E-state index contributed by atoms with van der Waals surface area (Å²) in [5, 5.41) is 3.22. The van der Waals surface area contributed by atoms with Crippen molar-refractivity contribution >= 4 is 10.0 Å². The minimum atomic E-state index is -4.49. The van der Waals surface area contributed by atoms with Gasteiger partial charge in [0.1, 0.15) is 4.90 Å². The Labute approximate surface area is 150 Å². The number of ether oxygens (including phenoxy) is 2. The monoisotopic (exact) mass is 397 g/mol. The third-order valence-electron chi connectivity index (χ3n) is 4.16. The fourth-order valence-electron chi connectivity index (χ4n) is 2.73. The molecule has 0 spiro atoms. The predicted octanol–water partition coefficient (Wildman–Crippen LogP) is 1.32. The lowest BCUT2D eigenvalue weighted by atomic mass is 9.80. The van der Waals surface area contributed by atoms with Crippen LogP contribution in [0.1, 0.15) is 12.8 Å². The molecule has 0 saturated carbocycles. The average Bonchev–Trinajstić information content (AvgIpc) is 2.59. The first kappa shape index (κ1) is 20.9. The number of nitrogens with zero attached hydrogens (tertiary/aromatic N) is 1. The second kappa shape index (κ2) is 8.51. The van der Waals surface area contributed by atoms with Gasteiger partial charge in [-0.3, -0.25) is 0 Å². The molecule has 0 aliphatic carbocycles. The van der Waals surface area contributed by atoms with E-state index < -0.39 is 22.8 Å². The van der Waals surface area contributed by atoms with Crippen molar-refractivity contribution in [3.63, 3.8) is 0 Å². The maximum absolute atomic E-state index is 12.4. The number of alkyl halides is 3. The number of hydrogen-bond donors (Lipinski definition) is 2. The highest BCUT2D eigenvalue weighted by Crippen LogP contribution is 2.29. The van der Waals surface area contributed by atoms with Crippen molar-refractivity contribution in [2.75, 3.05) is 40.0 Å². The molecule has 1 aromatic rings. The van der Waals surface area contributed by atoms with Gasteiger partial charge in [0, 0.05) is 25.1 Å². The van der Waals surface area contributed by atoms with Crippen LogP contribution in [0.15, 0.2) is 23.2 Å². The Balaban J connectivity index is 2.00. The molecule has 1 aromatic heterocycles. The lowest BCUT2D eigenvalue weighted by molar-refractivity contribution is -0.154. The molecular formula is C15H22F3N3O4S. The highest BCUT2D eigenvalue weighted by atomic mass is 32.2. The van der Waals surface area contributed by atoms with Crippen molar-refractivity contribution in [1.29, 1.82) is 0 Å². The zero-order valence-corrected chi connectivity index (χ0v) is 15.1. The van der Waals surface area contributed by atoms with E-state index in [2.05, 4.69) is 19.8 Å². The van der Waals surface area contributed by atoms with E-state index in [-0.39, 0.29) is 22.7 Å². The SMILES string of the molecule is COCC1(CNS(=O)(=O)c2ccc(OCC(F)(F)F)nc2)CCNCC1. The van der Waals surface area contributed by atoms with Crippen LogP contribution in [-0.2, 0) is 14.8 Å². The van der Waals surface area contributed by atoms with Gasteiger partial charge in [-0.1, -0.05) is 0 Å². The number of rotatable bonds is 8. The van der Waals surface area contributed by atoms with E-state index in [9.17, 15) is 21.6 Å². The van der Waals surface area contributed by atoms with Gasteiger partial charge in [0.25, 0.3) is 0 Å². The van der Waals surface area contributed by atoms with Gasteiger partial charge >= 0.3 is 6.18 Å². The van der Waals surface area contributed by atoms with Gasteiger partial charge in [0.05, 0.1) is 12.8 Å². The fraction of sp³-hybridized carbons (Fsp3) is 0.667. The minimum absolute atomic E-state index is 0.140. The molecule has 0 unspecified atom stereocenters. The van der Waals surface area contributed by atoms with Crippen LogP contribution < -0.4 is 14.8 Å². The largest absolute Gasteiger partial charge is 0.468 e. The van der Waals surface area contributed by atoms with Crippen molar-refractivity contribution < 1.29 is 31.1 Å². The molecule has 2 rings (SSSR count). The number of pyridine rings is 1. The molecule has 2 N–H and O–H groups in total. The molecule has 0 aromatic carbocycles. The lowest BCUT2D eigenvalue weighted by Crippen LogP contribution is -2.47. The normalized spacial score (nSPS) is 17.8. The molecule has 7 nitrogen and oxygen atoms in total. The van der Waals surface area contributed by atoms with Crippen LogP contribution in [0.5, 0.6) is 5.88 Å². The molecule has 0 radical (unpaired) electrons. The molecular weight excluding hydrogens is 375 g/mol. The Morgan fingerprint density at radius 1 is 1.31 bits per heavy atom. The van der Waals surface area contributed by atoms with Gasteiger partial charge in [0.2, 0.25) is 15.9 Å². The minimum Gasteiger partial charge on any atom is -0.468 e. The molecule has 1 aliphatic heterocycles. The van der Waals surface area contributed by atoms with E-state index in [0.29, 0.717) is 6.61 Å². The van der Waals surface area contributed by atoms with Crippen molar-refractivity contribution in [1.82, 2.24) is 15.0 Å². The first-order valence-corrected chi connectivity index (χ1v) is 9.49. The van der Waals surface area contributed by atoms with Gasteiger partial charge < -0.3 is 14.8 Å². The molecule has 2 heterocycles. The van der Waals surface area contributed by atoms with E-state index in [1.165, 1.54) is 0 Å². The fourth-order valence-corrected chi connectivity index (χ4v) is 3.84. The zero-order chi connectivity index (χ0) is 19.3. The second-order valence-electron chi connectivity index (χ2n) is 6.24. The highest BCUT2D eigenvalue weighted by molar-refractivity contribution is 7.89. The molecule has 0 amide bonds. The Morgan fingerprint density at radius 3 is 2.54 bits per heavy atom. The summed E-state index contributed by atoms with van der Waals surface area (Å²) < 4.78 is 73.4. The Bertz CT molecular complexity index is 669. The summed E-state index contributed by atoms with van der Waals surface area (Å²) in [6.45, 7) is 0.699. The lowest BCUT2D eigenvalue weighted by Gasteiger charge is -2.37. The summed E-state index contributed by atoms with van der Waals surface area (Å²) in [4.78, 5) is 3.48. The van der Waals surface area contributed by atoms with Crippen LogP contribution in [-0.4, -0.2) is 59.5 Å². The van der Waals surface area contributed by atoms with Crippen molar-refractivity contribution in [3.8, 4) is 5.88 Å². The Morgan fingerprint density at radius 2 is 2.00 bits per heavy atom. The summed E-state index contributed by atoms with van der Waals surface area (Å²) in [6, 6.07) is 2.25. The van der Waals surface area contributed by atoms with Crippen LogP contribution in [0, 0.1) is 5.41 Å². The molecule has 0 bridgehead atoms. The number of nitrogens with one attached hydrogen (secondary N) is 2. The third-order valence-corrected chi connectivity index (χ3v) is 5.54. The van der Waals surface area contributed by atoms with Gasteiger partial charge in [-0.05, 0) is 32.0 Å². The molecule has 1 fully saturated rings. The van der Waals surface area contributed by atoms with Gasteiger partial charge in [-0.25, -0.2) is 18.1 Å². The standard InChI is InChI=1S/C15H22F3N3O4S/c1-24-10-14(4-6-19-7-5-14)9-21-26(22,23)12-2-3-13(20-8-12)25-11-15(16,17)18/h2-3,8,19,21H,4-7,9-11H2,1H3. The topological polar surface area (TPSA) is 89.5 Å². The third kappa shape index (κ3) is 6.08. The summed E-state index contributed by atoms with van der Waals surface area (Å²) in [7, 11) is -2.27. The number of methoxy groups -OCH3 is 1. The van der Waals surface area contributed by atoms with Crippen molar-refractivity contribution in [2.24, 2.45) is 5.41 Å². The van der Waals surface area contributed by atoms with E-state index in [1.807, 2.05) is 0 Å². The number of halogens is 3. The van der Waals surface area contributed by atoms with Gasteiger partial charge in [-0.2, -0.15) is 13.2 Å². The highest BCUT2D eigenvalue weighted by Gasteiger charge is 2.34. The Hall–Kier alpha value is -1.43. The summed E-state index contributed by atoms with van der Waals surface area (Å²) in [6.07, 6.45) is -1.98. The first-order valence-electron chi connectivity index (χ1n) is 8.01. The first-order chi connectivity index (χ1) is 12.2. The van der Waals surface area contributed by atoms with E-state index >= 15 is 0 Å². The quantitative estimate of drug-likeness (QED) is 0.688. The molecule has 26 heavy (non-hydrogen) atoms. The van der Waals surface area contributed by atoms with E-state index in [0.717, 1.165) is 44.3 Å². The Kier molecular flexibility index (Phi) is 6.83. The van der Waals surface area contributed by atoms with Crippen LogP contribution >= 0.6 is 0 Å². The number of aromatic nitrogens is 1. The average molecular weight is 397 g/mol. The van der Waals surface area contributed by atoms with Crippen LogP contribution in [0.2, 0.25) is 0 Å². The maximum atomic E-state index is 12.4. The summed E-state index contributed by atoms with van der Waals surface area (Å²) in [5.41, 5.74) is -0.295. The summed E-state index contributed by atoms with van der Waals surface area (Å²) in [5.74, 6) is -0.296. The second-order valence-corrected chi connectivity index (χ2v) is 8.01.